The van der Waals surface area contributed by atoms with Crippen LogP contribution in [0.5, 0.6) is 0 Å². The van der Waals surface area contributed by atoms with Crippen LogP contribution in [0.15, 0.2) is 60.9 Å². The lowest BCUT2D eigenvalue weighted by Gasteiger charge is -2.24. The SMILES string of the molecule is CCCCCN(C(=O)NCCc1cccnc1)c1nc(-c2cccc(C(F)(F)F)c2)ccc1N. The Bertz CT molecular complexity index is 1090. The number of nitrogens with two attached hydrogens (primary N) is 1. The number of benzene rings is 1. The van der Waals surface area contributed by atoms with Crippen molar-refractivity contribution < 1.29 is 18.0 Å². The first kappa shape index (κ1) is 25.0. The molecule has 2 heterocycles. The molecule has 0 bridgehead atoms. The number of carbonyl (C=O) groups excluding carboxylic acids is 1. The van der Waals surface area contributed by atoms with Gasteiger partial charge in [-0.05, 0) is 48.7 Å². The van der Waals surface area contributed by atoms with Crippen LogP contribution in [0.1, 0.15) is 37.3 Å². The molecule has 0 aliphatic rings. The Kier molecular flexibility index (Phi) is 8.45. The highest BCUT2D eigenvalue weighted by atomic mass is 19.4. The van der Waals surface area contributed by atoms with Gasteiger partial charge in [0.25, 0.3) is 0 Å². The number of unbranched alkanes of at least 4 members (excludes halogenated alkanes) is 2. The molecule has 0 aliphatic heterocycles. The molecule has 0 fully saturated rings. The third kappa shape index (κ3) is 6.69. The predicted octanol–water partition coefficient (Wildman–Crippen LogP) is 5.69. The van der Waals surface area contributed by atoms with Crippen LogP contribution in [-0.4, -0.2) is 29.1 Å². The average Bonchev–Trinajstić information content (AvgIpc) is 2.83. The molecular weight excluding hydrogens is 443 g/mol. The zero-order valence-corrected chi connectivity index (χ0v) is 19.0. The summed E-state index contributed by atoms with van der Waals surface area (Å²) in [7, 11) is 0. The van der Waals surface area contributed by atoms with E-state index in [2.05, 4.69) is 22.2 Å². The van der Waals surface area contributed by atoms with Crippen molar-refractivity contribution in [2.24, 2.45) is 0 Å². The zero-order valence-electron chi connectivity index (χ0n) is 19.0. The van der Waals surface area contributed by atoms with E-state index in [9.17, 15) is 18.0 Å². The van der Waals surface area contributed by atoms with E-state index in [0.717, 1.165) is 37.0 Å². The zero-order chi connectivity index (χ0) is 24.6. The summed E-state index contributed by atoms with van der Waals surface area (Å²) in [6, 6.07) is 11.4. The molecule has 3 aromatic rings. The van der Waals surface area contributed by atoms with Gasteiger partial charge in [0.2, 0.25) is 0 Å². The van der Waals surface area contributed by atoms with Crippen LogP contribution < -0.4 is 16.0 Å². The maximum Gasteiger partial charge on any atom is 0.416 e. The topological polar surface area (TPSA) is 84.1 Å². The standard InChI is InChI=1S/C25H28F3N5O/c1-2-3-4-15-33(24(34)31-14-12-18-7-6-13-30-17-18)23-21(29)10-11-22(32-23)19-8-5-9-20(16-19)25(26,27)28/h5-11,13,16-17H,2-4,12,14-15,29H2,1H3,(H,31,34). The van der Waals surface area contributed by atoms with Crippen LogP contribution in [0.2, 0.25) is 0 Å². The summed E-state index contributed by atoms with van der Waals surface area (Å²) in [6.45, 7) is 2.83. The first-order chi connectivity index (χ1) is 16.3. The van der Waals surface area contributed by atoms with Crippen LogP contribution in [0, 0.1) is 0 Å². The Morgan fingerprint density at radius 2 is 1.94 bits per heavy atom. The molecule has 3 rings (SSSR count). The third-order valence-corrected chi connectivity index (χ3v) is 5.29. The minimum absolute atomic E-state index is 0.227. The predicted molar refractivity (Wildman–Crippen MR) is 127 cm³/mol. The molecule has 0 unspecified atom stereocenters. The maximum absolute atomic E-state index is 13.2. The summed E-state index contributed by atoms with van der Waals surface area (Å²) in [5.41, 5.74) is 7.25. The van der Waals surface area contributed by atoms with Gasteiger partial charge in [-0.1, -0.05) is 38.0 Å². The van der Waals surface area contributed by atoms with E-state index >= 15 is 0 Å². The van der Waals surface area contributed by atoms with E-state index in [1.165, 1.54) is 11.0 Å². The molecule has 0 atom stereocenters. The number of pyridine rings is 2. The third-order valence-electron chi connectivity index (χ3n) is 5.29. The van der Waals surface area contributed by atoms with Crippen molar-refractivity contribution in [3.63, 3.8) is 0 Å². The van der Waals surface area contributed by atoms with Crippen molar-refractivity contribution >= 4 is 17.5 Å². The first-order valence-corrected chi connectivity index (χ1v) is 11.2. The lowest BCUT2D eigenvalue weighted by atomic mass is 10.1. The Morgan fingerprint density at radius 3 is 2.65 bits per heavy atom. The van der Waals surface area contributed by atoms with Gasteiger partial charge in [0.1, 0.15) is 0 Å². The number of halogens is 3. The summed E-state index contributed by atoms with van der Waals surface area (Å²) in [4.78, 5) is 23.1. The van der Waals surface area contributed by atoms with E-state index in [0.29, 0.717) is 30.8 Å². The number of nitrogens with zero attached hydrogens (tertiary/aromatic N) is 3. The highest BCUT2D eigenvalue weighted by Crippen LogP contribution is 2.33. The van der Waals surface area contributed by atoms with Crippen molar-refractivity contribution in [2.45, 2.75) is 38.8 Å². The molecule has 0 aliphatic carbocycles. The van der Waals surface area contributed by atoms with Gasteiger partial charge in [0.05, 0.1) is 16.9 Å². The lowest BCUT2D eigenvalue weighted by Crippen LogP contribution is -2.42. The fourth-order valence-corrected chi connectivity index (χ4v) is 3.47. The van der Waals surface area contributed by atoms with Gasteiger partial charge in [-0.2, -0.15) is 13.2 Å². The van der Waals surface area contributed by atoms with E-state index in [1.54, 1.807) is 30.6 Å². The van der Waals surface area contributed by atoms with Crippen LogP contribution in [0.3, 0.4) is 0 Å². The maximum atomic E-state index is 13.2. The van der Waals surface area contributed by atoms with Gasteiger partial charge in [0.15, 0.2) is 5.82 Å². The van der Waals surface area contributed by atoms with Crippen LogP contribution in [0.4, 0.5) is 29.5 Å². The number of hydrogen-bond acceptors (Lipinski definition) is 4. The van der Waals surface area contributed by atoms with Crippen molar-refractivity contribution in [2.75, 3.05) is 23.7 Å². The average molecular weight is 472 g/mol. The van der Waals surface area contributed by atoms with E-state index in [1.807, 2.05) is 12.1 Å². The summed E-state index contributed by atoms with van der Waals surface area (Å²) >= 11 is 0. The quantitative estimate of drug-likeness (QED) is 0.393. The molecular formula is C25H28F3N5O. The number of amides is 2. The monoisotopic (exact) mass is 471 g/mol. The fraction of sp³-hybridized carbons (Fsp3) is 0.320. The van der Waals surface area contributed by atoms with Gasteiger partial charge < -0.3 is 11.1 Å². The fourth-order valence-electron chi connectivity index (χ4n) is 3.47. The van der Waals surface area contributed by atoms with Gasteiger partial charge in [-0.3, -0.25) is 9.88 Å². The van der Waals surface area contributed by atoms with Crippen LogP contribution in [-0.2, 0) is 12.6 Å². The van der Waals surface area contributed by atoms with Gasteiger partial charge in [0, 0.05) is 31.0 Å². The van der Waals surface area contributed by atoms with Gasteiger partial charge >= 0.3 is 12.2 Å². The summed E-state index contributed by atoms with van der Waals surface area (Å²) in [5.74, 6) is 0.227. The lowest BCUT2D eigenvalue weighted by molar-refractivity contribution is -0.137. The number of nitrogen functional groups attached to an aromatic ring is 1. The number of aromatic nitrogens is 2. The van der Waals surface area contributed by atoms with E-state index < -0.39 is 11.7 Å². The normalized spacial score (nSPS) is 11.3. The van der Waals surface area contributed by atoms with Crippen LogP contribution in [0.25, 0.3) is 11.3 Å². The second-order valence-corrected chi connectivity index (χ2v) is 7.89. The largest absolute Gasteiger partial charge is 0.416 e. The second-order valence-electron chi connectivity index (χ2n) is 7.89. The second kappa shape index (κ2) is 11.5. The molecule has 180 valence electrons. The molecule has 9 heteroatoms. The molecule has 0 radical (unpaired) electrons. The molecule has 2 aromatic heterocycles. The number of alkyl halides is 3. The highest BCUT2D eigenvalue weighted by molar-refractivity contribution is 5.94. The number of anilines is 2. The molecule has 0 saturated heterocycles. The molecule has 0 saturated carbocycles. The molecule has 2 amide bonds. The van der Waals surface area contributed by atoms with Crippen molar-refractivity contribution in [3.05, 3.63) is 72.1 Å². The highest BCUT2D eigenvalue weighted by Gasteiger charge is 2.30. The summed E-state index contributed by atoms with van der Waals surface area (Å²) < 4.78 is 39.5. The molecule has 34 heavy (non-hydrogen) atoms. The summed E-state index contributed by atoms with van der Waals surface area (Å²) in [5, 5.41) is 2.89. The van der Waals surface area contributed by atoms with Crippen molar-refractivity contribution in [1.82, 2.24) is 15.3 Å². The number of rotatable bonds is 9. The molecule has 0 spiro atoms. The molecule has 1 aromatic carbocycles. The molecule has 6 nitrogen and oxygen atoms in total. The Labute approximate surface area is 197 Å². The van der Waals surface area contributed by atoms with Crippen molar-refractivity contribution in [3.8, 4) is 11.3 Å². The Balaban J connectivity index is 1.84. The van der Waals surface area contributed by atoms with E-state index in [-0.39, 0.29) is 17.5 Å². The minimum atomic E-state index is -4.47. The Hall–Kier alpha value is -3.62. The minimum Gasteiger partial charge on any atom is -0.396 e. The number of carbonyl (C=O) groups is 1. The number of urea groups is 1. The van der Waals surface area contributed by atoms with Crippen LogP contribution >= 0.6 is 0 Å². The Morgan fingerprint density at radius 1 is 1.12 bits per heavy atom. The summed E-state index contributed by atoms with van der Waals surface area (Å²) in [6.07, 6.45) is 2.17. The van der Waals surface area contributed by atoms with Crippen molar-refractivity contribution in [1.29, 1.82) is 0 Å². The first-order valence-electron chi connectivity index (χ1n) is 11.2. The molecule has 3 N–H and O–H groups in total. The van der Waals surface area contributed by atoms with E-state index in [4.69, 9.17) is 5.73 Å². The van der Waals surface area contributed by atoms with Gasteiger partial charge in [-0.25, -0.2) is 9.78 Å². The number of nitrogens with one attached hydrogen (secondary N) is 1. The number of hydrogen-bond donors (Lipinski definition) is 2. The smallest absolute Gasteiger partial charge is 0.396 e. The van der Waals surface area contributed by atoms with Gasteiger partial charge in [-0.15, -0.1) is 0 Å².